The van der Waals surface area contributed by atoms with E-state index in [4.69, 9.17) is 4.74 Å². The minimum atomic E-state index is -0.696. The second-order valence-electron chi connectivity index (χ2n) is 17.9. The predicted octanol–water partition coefficient (Wildman–Crippen LogP) is 15.5. The van der Waals surface area contributed by atoms with Gasteiger partial charge in [0.25, 0.3) is 0 Å². The first-order valence-electron chi connectivity index (χ1n) is 26.1. The van der Waals surface area contributed by atoms with E-state index in [1.165, 1.54) is 186 Å². The van der Waals surface area contributed by atoms with Crippen LogP contribution >= 0.6 is 0 Å². The van der Waals surface area contributed by atoms with E-state index < -0.39 is 12.1 Å². The molecule has 0 bridgehead atoms. The molecule has 0 aliphatic heterocycles. The van der Waals surface area contributed by atoms with Crippen LogP contribution in [0.5, 0.6) is 0 Å². The number of ether oxygens (including phenoxy) is 1. The number of amides is 1. The van der Waals surface area contributed by atoms with Gasteiger partial charge in [-0.3, -0.25) is 9.59 Å². The molecule has 59 heavy (non-hydrogen) atoms. The lowest BCUT2D eigenvalue weighted by molar-refractivity contribution is -0.143. The number of hydrogen-bond acceptors (Lipinski definition) is 5. The first-order chi connectivity index (χ1) is 29.0. The standard InChI is InChI=1S/C53H101NO5/c1-3-5-7-9-11-13-15-16-17-18-19-20-21-24-27-31-35-39-43-47-53(58)59-48-44-40-36-32-28-25-22-23-26-30-34-38-42-46-52(57)54-50(49-55)51(56)45-41-37-33-29-14-12-10-8-6-4-2/h23,26,34,38,50-51,55-56H,3-22,24-25,27-33,35-37,39-49H2,1-2H3,(H,54,57)/b26-23-,38-34-. The highest BCUT2D eigenvalue weighted by atomic mass is 16.5. The van der Waals surface area contributed by atoms with Crippen LogP contribution in [0.1, 0.15) is 277 Å². The van der Waals surface area contributed by atoms with Crippen molar-refractivity contribution in [3.05, 3.63) is 24.3 Å². The Bertz CT molecular complexity index is 920. The van der Waals surface area contributed by atoms with Crippen molar-refractivity contribution >= 4 is 11.9 Å². The van der Waals surface area contributed by atoms with Gasteiger partial charge in [-0.25, -0.2) is 0 Å². The molecule has 0 fully saturated rings. The van der Waals surface area contributed by atoms with Gasteiger partial charge in [-0.15, -0.1) is 0 Å². The third kappa shape index (κ3) is 45.7. The van der Waals surface area contributed by atoms with Gasteiger partial charge in [0.05, 0.1) is 25.4 Å². The molecular weight excluding hydrogens is 731 g/mol. The van der Waals surface area contributed by atoms with Crippen LogP contribution in [0.15, 0.2) is 24.3 Å². The Balaban J connectivity index is 3.48. The molecule has 0 saturated heterocycles. The zero-order valence-electron chi connectivity index (χ0n) is 39.5. The smallest absolute Gasteiger partial charge is 0.305 e. The van der Waals surface area contributed by atoms with E-state index in [1.54, 1.807) is 0 Å². The van der Waals surface area contributed by atoms with E-state index in [0.717, 1.165) is 51.4 Å². The summed E-state index contributed by atoms with van der Waals surface area (Å²) in [6.45, 7) is 4.88. The fourth-order valence-corrected chi connectivity index (χ4v) is 7.98. The molecule has 6 nitrogen and oxygen atoms in total. The number of hydrogen-bond donors (Lipinski definition) is 3. The van der Waals surface area contributed by atoms with Gasteiger partial charge in [0.2, 0.25) is 5.91 Å². The number of nitrogens with one attached hydrogen (secondary N) is 1. The van der Waals surface area contributed by atoms with Crippen LogP contribution in [0.2, 0.25) is 0 Å². The normalized spacial score (nSPS) is 12.8. The summed E-state index contributed by atoms with van der Waals surface area (Å²) in [6, 6.07) is -0.583. The van der Waals surface area contributed by atoms with Gasteiger partial charge in [0, 0.05) is 12.8 Å². The van der Waals surface area contributed by atoms with Crippen molar-refractivity contribution in [2.45, 2.75) is 289 Å². The lowest BCUT2D eigenvalue weighted by Gasteiger charge is -2.22. The summed E-state index contributed by atoms with van der Waals surface area (Å²) in [7, 11) is 0. The van der Waals surface area contributed by atoms with Crippen molar-refractivity contribution in [3.63, 3.8) is 0 Å². The highest BCUT2D eigenvalue weighted by Gasteiger charge is 2.19. The van der Waals surface area contributed by atoms with Gasteiger partial charge in [-0.05, 0) is 44.9 Å². The number of carbonyl (C=O) groups excluding carboxylic acids is 2. The summed E-state index contributed by atoms with van der Waals surface area (Å²) < 4.78 is 5.47. The van der Waals surface area contributed by atoms with Gasteiger partial charge < -0.3 is 20.3 Å². The average Bonchev–Trinajstić information content (AvgIpc) is 3.24. The molecule has 0 heterocycles. The van der Waals surface area contributed by atoms with Crippen molar-refractivity contribution in [1.29, 1.82) is 0 Å². The van der Waals surface area contributed by atoms with Crippen LogP contribution in [0.25, 0.3) is 0 Å². The molecule has 0 saturated carbocycles. The number of aliphatic hydroxyl groups excluding tert-OH is 2. The molecule has 0 spiro atoms. The molecular formula is C53H101NO5. The summed E-state index contributed by atoms with van der Waals surface area (Å²) in [5, 5.41) is 23.0. The summed E-state index contributed by atoms with van der Waals surface area (Å²) in [5.41, 5.74) is 0. The van der Waals surface area contributed by atoms with Gasteiger partial charge in [0.15, 0.2) is 0 Å². The van der Waals surface area contributed by atoms with Crippen molar-refractivity contribution in [2.75, 3.05) is 13.2 Å². The van der Waals surface area contributed by atoms with Crippen molar-refractivity contribution in [1.82, 2.24) is 5.32 Å². The predicted molar refractivity (Wildman–Crippen MR) is 255 cm³/mol. The molecule has 0 aromatic rings. The fourth-order valence-electron chi connectivity index (χ4n) is 7.98. The van der Waals surface area contributed by atoms with Crippen molar-refractivity contribution in [2.24, 2.45) is 0 Å². The van der Waals surface area contributed by atoms with Gasteiger partial charge in [-0.2, -0.15) is 0 Å². The quantitative estimate of drug-likeness (QED) is 0.0322. The zero-order chi connectivity index (χ0) is 43.0. The minimum Gasteiger partial charge on any atom is -0.466 e. The maximum Gasteiger partial charge on any atom is 0.305 e. The highest BCUT2D eigenvalue weighted by molar-refractivity contribution is 5.76. The largest absolute Gasteiger partial charge is 0.466 e. The van der Waals surface area contributed by atoms with Crippen molar-refractivity contribution in [3.8, 4) is 0 Å². The molecule has 0 aliphatic rings. The summed E-state index contributed by atoms with van der Waals surface area (Å²) >= 11 is 0. The van der Waals surface area contributed by atoms with E-state index >= 15 is 0 Å². The first kappa shape index (κ1) is 57.3. The second-order valence-corrected chi connectivity index (χ2v) is 17.9. The Morgan fingerprint density at radius 3 is 1.32 bits per heavy atom. The first-order valence-corrected chi connectivity index (χ1v) is 26.1. The SMILES string of the molecule is CCCCCCCCCCCCCCCCCCCCCC(=O)OCCCCCCCC/C=C\C/C=C\CCC(=O)NC(CO)C(O)CCCCCCCCCCCC. The fraction of sp³-hybridized carbons (Fsp3) is 0.887. The van der Waals surface area contributed by atoms with Gasteiger partial charge in [0.1, 0.15) is 0 Å². The Labute approximate surface area is 367 Å². The van der Waals surface area contributed by atoms with E-state index in [0.29, 0.717) is 32.3 Å². The number of carbonyl (C=O) groups is 2. The monoisotopic (exact) mass is 832 g/mol. The average molecular weight is 832 g/mol. The van der Waals surface area contributed by atoms with E-state index in [2.05, 4.69) is 37.4 Å². The molecule has 0 aromatic heterocycles. The third-order valence-electron chi connectivity index (χ3n) is 12.0. The number of unbranched alkanes of at least 4 members (excludes halogenated alkanes) is 33. The zero-order valence-corrected chi connectivity index (χ0v) is 39.5. The van der Waals surface area contributed by atoms with Crippen LogP contribution < -0.4 is 5.32 Å². The van der Waals surface area contributed by atoms with Crippen LogP contribution in [0, 0.1) is 0 Å². The molecule has 6 heteroatoms. The number of aliphatic hydroxyl groups is 2. The molecule has 0 radical (unpaired) electrons. The van der Waals surface area contributed by atoms with E-state index in [-0.39, 0.29) is 18.5 Å². The highest BCUT2D eigenvalue weighted by Crippen LogP contribution is 2.16. The molecule has 348 valence electrons. The summed E-state index contributed by atoms with van der Waals surface area (Å²) in [4.78, 5) is 24.4. The van der Waals surface area contributed by atoms with Crippen LogP contribution in [-0.2, 0) is 14.3 Å². The molecule has 1 amide bonds. The summed E-state index contributed by atoms with van der Waals surface area (Å²) in [6.07, 6.45) is 57.4. The molecule has 0 aromatic carbocycles. The Morgan fingerprint density at radius 2 is 0.864 bits per heavy atom. The van der Waals surface area contributed by atoms with Crippen LogP contribution in [0.3, 0.4) is 0 Å². The Morgan fingerprint density at radius 1 is 0.475 bits per heavy atom. The lowest BCUT2D eigenvalue weighted by Crippen LogP contribution is -2.45. The maximum atomic E-state index is 12.4. The third-order valence-corrected chi connectivity index (χ3v) is 12.0. The molecule has 0 rings (SSSR count). The Hall–Kier alpha value is -1.66. The second kappa shape index (κ2) is 49.0. The number of esters is 1. The topological polar surface area (TPSA) is 95.9 Å². The lowest BCUT2D eigenvalue weighted by atomic mass is 10.0. The minimum absolute atomic E-state index is 0.0127. The number of rotatable bonds is 48. The van der Waals surface area contributed by atoms with E-state index in [1.807, 2.05) is 6.08 Å². The van der Waals surface area contributed by atoms with E-state index in [9.17, 15) is 19.8 Å². The molecule has 3 N–H and O–H groups in total. The number of allylic oxidation sites excluding steroid dienone is 4. The molecule has 2 unspecified atom stereocenters. The maximum absolute atomic E-state index is 12.4. The van der Waals surface area contributed by atoms with Crippen LogP contribution in [0.4, 0.5) is 0 Å². The van der Waals surface area contributed by atoms with Gasteiger partial charge in [-0.1, -0.05) is 244 Å². The van der Waals surface area contributed by atoms with Crippen LogP contribution in [-0.4, -0.2) is 47.4 Å². The summed E-state index contributed by atoms with van der Waals surface area (Å²) in [5.74, 6) is -0.130. The Kier molecular flexibility index (Phi) is 47.6. The van der Waals surface area contributed by atoms with Gasteiger partial charge >= 0.3 is 5.97 Å². The molecule has 0 aliphatic carbocycles. The van der Waals surface area contributed by atoms with Crippen molar-refractivity contribution < 1.29 is 24.5 Å². The molecule has 2 atom stereocenters.